The summed E-state index contributed by atoms with van der Waals surface area (Å²) in [6, 6.07) is 2.62. The molecule has 0 aliphatic heterocycles. The summed E-state index contributed by atoms with van der Waals surface area (Å²) in [6.45, 7) is 1.72. The zero-order valence-electron chi connectivity index (χ0n) is 7.36. The minimum atomic E-state index is -0.606. The van der Waals surface area contributed by atoms with Gasteiger partial charge in [-0.2, -0.15) is 0 Å². The fourth-order valence-corrected chi connectivity index (χ4v) is 1.46. The Balaban J connectivity index is 3.14. The summed E-state index contributed by atoms with van der Waals surface area (Å²) in [4.78, 5) is 24.6. The molecule has 1 aromatic rings. The lowest BCUT2D eigenvalue weighted by Crippen LogP contribution is -2.01. The number of Topliss-reactive ketones (excluding diaryl/α,β-unsaturated/α-hetero) is 1. The van der Waals surface area contributed by atoms with Crippen molar-refractivity contribution in [1.82, 2.24) is 4.98 Å². The Morgan fingerprint density at radius 3 is 2.71 bits per heavy atom. The molecule has 1 rings (SSSR count). The maximum Gasteiger partial charge on any atom is 0.364 e. The van der Waals surface area contributed by atoms with E-state index in [4.69, 9.17) is 0 Å². The number of aromatic nitrogens is 1. The van der Waals surface area contributed by atoms with Crippen molar-refractivity contribution >= 4 is 27.5 Å². The van der Waals surface area contributed by atoms with Gasteiger partial charge in [0.25, 0.3) is 0 Å². The number of nitrogens with zero attached hydrogens (tertiary/aromatic N) is 2. The van der Waals surface area contributed by atoms with E-state index < -0.39 is 4.92 Å². The number of carbonyl (C=O) groups is 1. The molecule has 0 aliphatic rings. The van der Waals surface area contributed by atoms with Gasteiger partial charge in [0.05, 0.1) is 5.56 Å². The molecule has 14 heavy (non-hydrogen) atoms. The van der Waals surface area contributed by atoms with Crippen molar-refractivity contribution in [2.24, 2.45) is 0 Å². The first-order chi connectivity index (χ1) is 6.56. The standard InChI is InChI=1S/C8H7BrN2O3/c1-2-6(12)5-3-4-7(11(13)14)10-8(5)9/h3-4H,2H2,1H3. The smallest absolute Gasteiger partial charge is 0.358 e. The van der Waals surface area contributed by atoms with Gasteiger partial charge >= 0.3 is 5.82 Å². The van der Waals surface area contributed by atoms with Crippen molar-refractivity contribution in [3.63, 3.8) is 0 Å². The Hall–Kier alpha value is -1.30. The zero-order valence-corrected chi connectivity index (χ0v) is 8.94. The van der Waals surface area contributed by atoms with Gasteiger partial charge in [-0.05, 0) is 16.0 Å². The van der Waals surface area contributed by atoms with E-state index in [1.807, 2.05) is 0 Å². The monoisotopic (exact) mass is 258 g/mol. The van der Waals surface area contributed by atoms with Crippen molar-refractivity contribution in [2.45, 2.75) is 13.3 Å². The number of ketones is 1. The summed E-state index contributed by atoms with van der Waals surface area (Å²) in [5, 5.41) is 10.3. The maximum absolute atomic E-state index is 11.3. The van der Waals surface area contributed by atoms with Crippen LogP contribution in [0.25, 0.3) is 0 Å². The van der Waals surface area contributed by atoms with E-state index in [0.29, 0.717) is 12.0 Å². The van der Waals surface area contributed by atoms with Crippen molar-refractivity contribution in [3.05, 3.63) is 32.4 Å². The van der Waals surface area contributed by atoms with E-state index in [-0.39, 0.29) is 16.2 Å². The van der Waals surface area contributed by atoms with Gasteiger partial charge in [0.1, 0.15) is 0 Å². The van der Waals surface area contributed by atoms with Gasteiger partial charge in [-0.3, -0.25) is 4.79 Å². The quantitative estimate of drug-likeness (QED) is 0.361. The van der Waals surface area contributed by atoms with Crippen molar-refractivity contribution in [1.29, 1.82) is 0 Å². The average Bonchev–Trinajstić information content (AvgIpc) is 2.16. The van der Waals surface area contributed by atoms with E-state index in [1.165, 1.54) is 12.1 Å². The third-order valence-electron chi connectivity index (χ3n) is 1.64. The highest BCUT2D eigenvalue weighted by Gasteiger charge is 2.16. The van der Waals surface area contributed by atoms with E-state index in [2.05, 4.69) is 20.9 Å². The van der Waals surface area contributed by atoms with Crippen LogP contribution >= 0.6 is 15.9 Å². The topological polar surface area (TPSA) is 73.1 Å². The van der Waals surface area contributed by atoms with Crippen LogP contribution in [0.15, 0.2) is 16.7 Å². The third kappa shape index (κ3) is 2.14. The molecule has 0 aliphatic carbocycles. The Morgan fingerprint density at radius 1 is 1.64 bits per heavy atom. The normalized spacial score (nSPS) is 9.86. The van der Waals surface area contributed by atoms with E-state index in [9.17, 15) is 14.9 Å². The predicted molar refractivity (Wildman–Crippen MR) is 53.2 cm³/mol. The number of pyridine rings is 1. The molecule has 0 spiro atoms. The van der Waals surface area contributed by atoms with Crippen LogP contribution in [0.2, 0.25) is 0 Å². The van der Waals surface area contributed by atoms with Crippen molar-refractivity contribution in [3.8, 4) is 0 Å². The van der Waals surface area contributed by atoms with Crippen LogP contribution in [0.5, 0.6) is 0 Å². The minimum absolute atomic E-state index is 0.0979. The summed E-state index contributed by atoms with van der Waals surface area (Å²) >= 11 is 3.02. The lowest BCUT2D eigenvalue weighted by Gasteiger charge is -1.97. The summed E-state index contributed by atoms with van der Waals surface area (Å²) in [6.07, 6.45) is 0.345. The van der Waals surface area contributed by atoms with Crippen molar-refractivity contribution < 1.29 is 9.72 Å². The third-order valence-corrected chi connectivity index (χ3v) is 2.25. The molecule has 0 radical (unpaired) electrons. The first kappa shape index (κ1) is 10.8. The first-order valence-corrected chi connectivity index (χ1v) is 4.69. The molecular weight excluding hydrogens is 252 g/mol. The fourth-order valence-electron chi connectivity index (χ4n) is 0.925. The molecular formula is C8H7BrN2O3. The predicted octanol–water partition coefficient (Wildman–Crippen LogP) is 2.35. The zero-order chi connectivity index (χ0) is 10.7. The average molecular weight is 259 g/mol. The highest BCUT2D eigenvalue weighted by Crippen LogP contribution is 2.19. The largest absolute Gasteiger partial charge is 0.364 e. The van der Waals surface area contributed by atoms with Gasteiger partial charge in [0.2, 0.25) is 4.60 Å². The number of hydrogen-bond donors (Lipinski definition) is 0. The second-order valence-corrected chi connectivity index (χ2v) is 3.29. The van der Waals surface area contributed by atoms with Crippen LogP contribution in [0.1, 0.15) is 23.7 Å². The molecule has 74 valence electrons. The molecule has 0 unspecified atom stereocenters. The van der Waals surface area contributed by atoms with Gasteiger partial charge in [-0.1, -0.05) is 6.92 Å². The van der Waals surface area contributed by atoms with Crippen LogP contribution in [-0.2, 0) is 0 Å². The molecule has 6 heteroatoms. The molecule has 5 nitrogen and oxygen atoms in total. The molecule has 0 saturated heterocycles. The lowest BCUT2D eigenvalue weighted by atomic mass is 10.1. The van der Waals surface area contributed by atoms with Crippen LogP contribution in [0, 0.1) is 10.1 Å². The molecule has 1 aromatic heterocycles. The highest BCUT2D eigenvalue weighted by atomic mass is 79.9. The van der Waals surface area contributed by atoms with Crippen LogP contribution < -0.4 is 0 Å². The molecule has 0 atom stereocenters. The van der Waals surface area contributed by atoms with Gasteiger partial charge < -0.3 is 10.1 Å². The van der Waals surface area contributed by atoms with Crippen LogP contribution in [-0.4, -0.2) is 15.7 Å². The van der Waals surface area contributed by atoms with Gasteiger partial charge in [-0.25, -0.2) is 0 Å². The molecule has 0 N–H and O–H groups in total. The lowest BCUT2D eigenvalue weighted by molar-refractivity contribution is -0.389. The minimum Gasteiger partial charge on any atom is -0.358 e. The molecule has 0 aromatic carbocycles. The van der Waals surface area contributed by atoms with Crippen LogP contribution in [0.3, 0.4) is 0 Å². The number of rotatable bonds is 3. The highest BCUT2D eigenvalue weighted by molar-refractivity contribution is 9.10. The number of carbonyl (C=O) groups excluding carboxylic acids is 1. The first-order valence-electron chi connectivity index (χ1n) is 3.90. The second kappa shape index (κ2) is 4.28. The molecule has 0 bridgehead atoms. The second-order valence-electron chi connectivity index (χ2n) is 2.54. The number of hydrogen-bond acceptors (Lipinski definition) is 4. The Kier molecular flexibility index (Phi) is 3.29. The van der Waals surface area contributed by atoms with Gasteiger partial charge in [0.15, 0.2) is 5.78 Å². The summed E-state index contributed by atoms with van der Waals surface area (Å²) in [5.41, 5.74) is 0.373. The van der Waals surface area contributed by atoms with Crippen molar-refractivity contribution in [2.75, 3.05) is 0 Å². The van der Waals surface area contributed by atoms with Gasteiger partial charge in [-0.15, -0.1) is 0 Å². The number of nitro groups is 1. The molecule has 0 fully saturated rings. The molecule has 1 heterocycles. The Morgan fingerprint density at radius 2 is 2.29 bits per heavy atom. The maximum atomic E-state index is 11.3. The Bertz CT molecular complexity index is 392. The number of halogens is 1. The van der Waals surface area contributed by atoms with E-state index >= 15 is 0 Å². The van der Waals surface area contributed by atoms with E-state index in [1.54, 1.807) is 6.92 Å². The summed E-state index contributed by atoms with van der Waals surface area (Å²) < 4.78 is 0.221. The summed E-state index contributed by atoms with van der Waals surface area (Å²) in [7, 11) is 0. The Labute approximate surface area is 88.4 Å². The van der Waals surface area contributed by atoms with Gasteiger partial charge in [0, 0.05) is 28.4 Å². The fraction of sp³-hybridized carbons (Fsp3) is 0.250. The molecule has 0 amide bonds. The van der Waals surface area contributed by atoms with Crippen LogP contribution in [0.4, 0.5) is 5.82 Å². The summed E-state index contributed by atoms with van der Waals surface area (Å²) in [5.74, 6) is -0.371. The molecule has 0 saturated carbocycles. The van der Waals surface area contributed by atoms with E-state index in [0.717, 1.165) is 0 Å². The SMILES string of the molecule is CCC(=O)c1ccc([N+](=O)[O-])nc1Br.